The highest BCUT2D eigenvalue weighted by Crippen LogP contribution is 2.25. The lowest BCUT2D eigenvalue weighted by molar-refractivity contribution is -0.141. The van der Waals surface area contributed by atoms with Crippen LogP contribution in [-0.4, -0.2) is 57.6 Å². The number of benzene rings is 3. The molecule has 3 aromatic rings. The van der Waals surface area contributed by atoms with Crippen molar-refractivity contribution in [3.05, 3.63) is 95.0 Å². The Bertz CT molecular complexity index is 1420. The number of methoxy groups -OCH3 is 1. The lowest BCUT2D eigenvalue weighted by Crippen LogP contribution is -2.50. The minimum absolute atomic E-state index is 0.0357. The number of nitrogens with one attached hydrogen (secondary N) is 1. The number of rotatable bonds is 16. The van der Waals surface area contributed by atoms with E-state index in [9.17, 15) is 18.0 Å². The molecule has 0 spiro atoms. The molecule has 0 aliphatic heterocycles. The van der Waals surface area contributed by atoms with E-state index in [2.05, 4.69) is 5.32 Å². The zero-order chi connectivity index (χ0) is 30.5. The molecule has 0 unspecified atom stereocenters. The van der Waals surface area contributed by atoms with E-state index < -0.39 is 16.1 Å². The van der Waals surface area contributed by atoms with Gasteiger partial charge in [0.05, 0.1) is 19.1 Å². The van der Waals surface area contributed by atoms with E-state index in [0.29, 0.717) is 29.4 Å². The predicted molar refractivity (Wildman–Crippen MR) is 168 cm³/mol. The third kappa shape index (κ3) is 9.77. The van der Waals surface area contributed by atoms with Gasteiger partial charge in [0.1, 0.15) is 11.8 Å². The molecule has 10 heteroatoms. The molecule has 0 aromatic heterocycles. The molecule has 0 radical (unpaired) electrons. The van der Waals surface area contributed by atoms with Gasteiger partial charge in [-0.1, -0.05) is 79.5 Å². The monoisotopic (exact) mass is 613 g/mol. The number of carbonyl (C=O) groups is 2. The summed E-state index contributed by atoms with van der Waals surface area (Å²) in [6, 6.07) is 22.8. The molecule has 0 aliphatic rings. The second-order valence-electron chi connectivity index (χ2n) is 10.1. The fourth-order valence-corrected chi connectivity index (χ4v) is 5.79. The molecule has 8 nitrogen and oxygen atoms in total. The Hall–Kier alpha value is -3.56. The average molecular weight is 614 g/mol. The molecule has 1 atom stereocenters. The molecular weight excluding hydrogens is 574 g/mol. The maximum atomic E-state index is 13.9. The number of anilines is 1. The maximum Gasteiger partial charge on any atom is 0.243 e. The number of unbranched alkanes of at least 4 members (excludes halogenated alkanes) is 1. The second kappa shape index (κ2) is 16.2. The van der Waals surface area contributed by atoms with E-state index in [1.807, 2.05) is 55.5 Å². The molecule has 42 heavy (non-hydrogen) atoms. The predicted octanol–water partition coefficient (Wildman–Crippen LogP) is 5.45. The van der Waals surface area contributed by atoms with Crippen LogP contribution in [-0.2, 0) is 32.6 Å². The van der Waals surface area contributed by atoms with Gasteiger partial charge in [0, 0.05) is 43.6 Å². The minimum atomic E-state index is -3.63. The summed E-state index contributed by atoms with van der Waals surface area (Å²) < 4.78 is 31.9. The van der Waals surface area contributed by atoms with Crippen LogP contribution >= 0.6 is 11.6 Å². The summed E-state index contributed by atoms with van der Waals surface area (Å²) in [5.74, 6) is 0.0309. The summed E-state index contributed by atoms with van der Waals surface area (Å²) in [7, 11) is -2.11. The second-order valence-corrected chi connectivity index (χ2v) is 12.4. The summed E-state index contributed by atoms with van der Waals surface area (Å²) in [5, 5.41) is 3.50. The standard InChI is InChI=1S/C32H40ClN3O5S/c1-4-5-20-34-32(38)30(22-25-13-7-6-8-14-25)35(24-26-15-9-10-18-29(26)33)31(37)19-12-21-36(42(3,39)40)27-16-11-17-28(23-27)41-2/h6-11,13-18,23,30H,4-5,12,19-22,24H2,1-3H3,(H,34,38)/t30-/m1/s1. The summed E-state index contributed by atoms with van der Waals surface area (Å²) >= 11 is 6.49. The highest BCUT2D eigenvalue weighted by molar-refractivity contribution is 7.92. The van der Waals surface area contributed by atoms with Crippen LogP contribution in [0.4, 0.5) is 5.69 Å². The number of halogens is 1. The van der Waals surface area contributed by atoms with Gasteiger partial charge in [-0.15, -0.1) is 0 Å². The molecule has 1 N–H and O–H groups in total. The van der Waals surface area contributed by atoms with E-state index in [-0.39, 0.29) is 37.7 Å². The van der Waals surface area contributed by atoms with Crippen LogP contribution in [0.25, 0.3) is 0 Å². The zero-order valence-corrected chi connectivity index (χ0v) is 26.0. The van der Waals surface area contributed by atoms with Gasteiger partial charge in [0.25, 0.3) is 0 Å². The fraction of sp³-hybridized carbons (Fsp3) is 0.375. The zero-order valence-electron chi connectivity index (χ0n) is 24.5. The first-order valence-corrected chi connectivity index (χ1v) is 16.3. The quantitative estimate of drug-likeness (QED) is 0.217. The number of amides is 2. The molecule has 0 aliphatic carbocycles. The number of hydrogen-bond donors (Lipinski definition) is 1. The number of nitrogens with zero attached hydrogens (tertiary/aromatic N) is 2. The van der Waals surface area contributed by atoms with Crippen LogP contribution < -0.4 is 14.4 Å². The Morgan fingerprint density at radius 3 is 2.36 bits per heavy atom. The van der Waals surface area contributed by atoms with Crippen LogP contribution in [0.3, 0.4) is 0 Å². The molecule has 0 heterocycles. The Morgan fingerprint density at radius 2 is 1.69 bits per heavy atom. The van der Waals surface area contributed by atoms with Crippen molar-refractivity contribution < 1.29 is 22.7 Å². The molecule has 2 amide bonds. The third-order valence-corrected chi connectivity index (χ3v) is 8.46. The van der Waals surface area contributed by atoms with Crippen molar-refractivity contribution in [3.63, 3.8) is 0 Å². The van der Waals surface area contributed by atoms with E-state index in [4.69, 9.17) is 16.3 Å². The molecule has 3 aromatic carbocycles. The van der Waals surface area contributed by atoms with Gasteiger partial charge in [-0.2, -0.15) is 0 Å². The van der Waals surface area contributed by atoms with Crippen LogP contribution in [0.15, 0.2) is 78.9 Å². The topological polar surface area (TPSA) is 96.0 Å². The van der Waals surface area contributed by atoms with Gasteiger partial charge >= 0.3 is 0 Å². The molecule has 0 bridgehead atoms. The smallest absolute Gasteiger partial charge is 0.243 e. The van der Waals surface area contributed by atoms with Gasteiger partial charge in [-0.05, 0) is 42.2 Å². The molecule has 0 saturated carbocycles. The van der Waals surface area contributed by atoms with Crippen molar-refractivity contribution in [2.45, 2.75) is 51.6 Å². The first-order valence-electron chi connectivity index (χ1n) is 14.1. The van der Waals surface area contributed by atoms with Crippen LogP contribution in [0.5, 0.6) is 5.75 Å². The number of carbonyl (C=O) groups excluding carboxylic acids is 2. The first-order chi connectivity index (χ1) is 20.1. The Morgan fingerprint density at radius 1 is 0.976 bits per heavy atom. The van der Waals surface area contributed by atoms with Crippen LogP contribution in [0, 0.1) is 0 Å². The van der Waals surface area contributed by atoms with Crippen molar-refractivity contribution in [2.24, 2.45) is 0 Å². The molecule has 226 valence electrons. The SMILES string of the molecule is CCCCNC(=O)[C@@H](Cc1ccccc1)N(Cc1ccccc1Cl)C(=O)CCCN(c1cccc(OC)c1)S(C)(=O)=O. The number of ether oxygens (including phenoxy) is 1. The van der Waals surface area contributed by atoms with Crippen molar-refractivity contribution in [3.8, 4) is 5.75 Å². The van der Waals surface area contributed by atoms with Crippen LogP contribution in [0.2, 0.25) is 5.02 Å². The van der Waals surface area contributed by atoms with Crippen molar-refractivity contribution >= 4 is 39.1 Å². The normalized spacial score (nSPS) is 11.9. The van der Waals surface area contributed by atoms with Crippen molar-refractivity contribution in [1.29, 1.82) is 0 Å². The van der Waals surface area contributed by atoms with Gasteiger partial charge in [0.15, 0.2) is 0 Å². The molecular formula is C32H40ClN3O5S. The lowest BCUT2D eigenvalue weighted by atomic mass is 10.0. The van der Waals surface area contributed by atoms with Crippen molar-refractivity contribution in [1.82, 2.24) is 10.2 Å². The summed E-state index contributed by atoms with van der Waals surface area (Å²) in [6.45, 7) is 2.79. The Kier molecular flexibility index (Phi) is 12.7. The maximum absolute atomic E-state index is 13.9. The van der Waals surface area contributed by atoms with E-state index >= 15 is 0 Å². The largest absolute Gasteiger partial charge is 0.497 e. The molecule has 0 fully saturated rings. The van der Waals surface area contributed by atoms with Gasteiger partial charge in [-0.25, -0.2) is 8.42 Å². The third-order valence-electron chi connectivity index (χ3n) is 6.89. The highest BCUT2D eigenvalue weighted by atomic mass is 35.5. The fourth-order valence-electron chi connectivity index (χ4n) is 4.64. The van der Waals surface area contributed by atoms with E-state index in [0.717, 1.165) is 30.2 Å². The minimum Gasteiger partial charge on any atom is -0.497 e. The average Bonchev–Trinajstić information content (AvgIpc) is 2.97. The summed E-state index contributed by atoms with van der Waals surface area (Å²) in [6.07, 6.45) is 3.50. The van der Waals surface area contributed by atoms with Gasteiger partial charge in [0.2, 0.25) is 21.8 Å². The molecule has 3 rings (SSSR count). The molecule has 0 saturated heterocycles. The van der Waals surface area contributed by atoms with E-state index in [1.165, 1.54) is 11.4 Å². The van der Waals surface area contributed by atoms with Gasteiger partial charge in [-0.3, -0.25) is 13.9 Å². The number of sulfonamides is 1. The summed E-state index contributed by atoms with van der Waals surface area (Å²) in [5.41, 5.74) is 2.10. The Labute approximate surface area is 254 Å². The highest BCUT2D eigenvalue weighted by Gasteiger charge is 2.31. The summed E-state index contributed by atoms with van der Waals surface area (Å²) in [4.78, 5) is 29.0. The first kappa shape index (κ1) is 32.9. The number of hydrogen-bond acceptors (Lipinski definition) is 5. The van der Waals surface area contributed by atoms with Gasteiger partial charge < -0.3 is 15.0 Å². The lowest BCUT2D eigenvalue weighted by Gasteiger charge is -2.32. The van der Waals surface area contributed by atoms with Crippen LogP contribution in [0.1, 0.15) is 43.7 Å². The van der Waals surface area contributed by atoms with Crippen molar-refractivity contribution in [2.75, 3.05) is 30.8 Å². The van der Waals surface area contributed by atoms with E-state index in [1.54, 1.807) is 35.2 Å². The Balaban J connectivity index is 1.88.